The normalized spacial score (nSPS) is 18.3. The molecule has 1 saturated heterocycles. The maximum Gasteiger partial charge on any atom is 0.495 e. The number of ether oxygens (including phenoxy) is 3. The zero-order chi connectivity index (χ0) is 25.5. The molecule has 0 aromatic heterocycles. The molecule has 0 atom stereocenters. The number of nitrogens with zero attached hydrogens (tertiary/aromatic N) is 1. The summed E-state index contributed by atoms with van der Waals surface area (Å²) in [5.41, 5.74) is 2.02. The fraction of sp³-hybridized carbons (Fsp3) is 0.462. The number of fused-ring (bicyclic) bond motifs is 1. The Morgan fingerprint density at radius 1 is 1.03 bits per heavy atom. The third-order valence-corrected chi connectivity index (χ3v) is 7.22. The lowest BCUT2D eigenvalue weighted by Crippen LogP contribution is -2.44. The van der Waals surface area contributed by atoms with Crippen molar-refractivity contribution < 1.29 is 33.1 Å². The van der Waals surface area contributed by atoms with Gasteiger partial charge in [-0.3, -0.25) is 4.79 Å². The van der Waals surface area contributed by atoms with Crippen molar-refractivity contribution in [3.05, 3.63) is 52.6 Å². The van der Waals surface area contributed by atoms with Crippen molar-refractivity contribution in [1.29, 1.82) is 0 Å². The van der Waals surface area contributed by atoms with Crippen LogP contribution < -0.4 is 14.9 Å². The van der Waals surface area contributed by atoms with Crippen molar-refractivity contribution in [3.63, 3.8) is 0 Å². The molecular formula is C26H32BNO7. The highest BCUT2D eigenvalue weighted by Gasteiger charge is 2.52. The van der Waals surface area contributed by atoms with Gasteiger partial charge in [0.15, 0.2) is 0 Å². The van der Waals surface area contributed by atoms with Crippen LogP contribution in [0.15, 0.2) is 30.3 Å². The molecule has 1 fully saturated rings. The Kier molecular flexibility index (Phi) is 6.59. The second kappa shape index (κ2) is 9.20. The van der Waals surface area contributed by atoms with Gasteiger partial charge in [0.05, 0.1) is 38.1 Å². The van der Waals surface area contributed by atoms with Gasteiger partial charge in [0.1, 0.15) is 11.5 Å². The van der Waals surface area contributed by atoms with Crippen molar-refractivity contribution in [2.75, 3.05) is 27.9 Å². The summed E-state index contributed by atoms with van der Waals surface area (Å²) in [6, 6.07) is 8.86. The van der Waals surface area contributed by atoms with E-state index in [1.54, 1.807) is 37.3 Å². The largest absolute Gasteiger partial charge is 0.497 e. The fourth-order valence-corrected chi connectivity index (χ4v) is 4.44. The first kappa shape index (κ1) is 25.1. The van der Waals surface area contributed by atoms with Crippen LogP contribution in [0.25, 0.3) is 0 Å². The Hall–Kier alpha value is -3.04. The number of rotatable bonds is 6. The zero-order valence-corrected chi connectivity index (χ0v) is 21.4. The van der Waals surface area contributed by atoms with E-state index in [9.17, 15) is 9.59 Å². The maximum absolute atomic E-state index is 13.7. The summed E-state index contributed by atoms with van der Waals surface area (Å²) in [5.74, 6) is 0.625. The standard InChI is InChI=1S/C26H32BNO7/c1-25(2)26(3,4)35-27(34-25)21-13-17(24(30)33-7)12-20-19(21)10-11-28(23(20)29)15-16-8-9-18(31-5)14-22(16)32-6/h8-9,12-14H,10-11,15H2,1-7H3. The Balaban J connectivity index is 1.71. The number of carbonyl (C=O) groups is 2. The topological polar surface area (TPSA) is 83.5 Å². The predicted molar refractivity (Wildman–Crippen MR) is 131 cm³/mol. The monoisotopic (exact) mass is 481 g/mol. The molecule has 9 heteroatoms. The van der Waals surface area contributed by atoms with E-state index >= 15 is 0 Å². The van der Waals surface area contributed by atoms with Crippen LogP contribution in [0.1, 0.15) is 59.5 Å². The number of hydrogen-bond donors (Lipinski definition) is 0. The fourth-order valence-electron chi connectivity index (χ4n) is 4.44. The minimum atomic E-state index is -0.695. The molecule has 2 aliphatic heterocycles. The molecule has 0 unspecified atom stereocenters. The molecule has 2 aromatic carbocycles. The second-order valence-corrected chi connectivity index (χ2v) is 9.83. The number of hydrogen-bond acceptors (Lipinski definition) is 7. The van der Waals surface area contributed by atoms with Crippen molar-refractivity contribution in [2.24, 2.45) is 0 Å². The van der Waals surface area contributed by atoms with Crippen molar-refractivity contribution in [1.82, 2.24) is 4.90 Å². The van der Waals surface area contributed by atoms with E-state index in [2.05, 4.69) is 0 Å². The molecule has 186 valence electrons. The highest BCUT2D eigenvalue weighted by atomic mass is 16.7. The van der Waals surface area contributed by atoms with E-state index < -0.39 is 24.3 Å². The molecule has 35 heavy (non-hydrogen) atoms. The molecule has 2 aromatic rings. The van der Waals surface area contributed by atoms with Gasteiger partial charge < -0.3 is 28.4 Å². The lowest BCUT2D eigenvalue weighted by molar-refractivity contribution is 0.00578. The maximum atomic E-state index is 13.7. The molecule has 0 radical (unpaired) electrons. The van der Waals surface area contributed by atoms with Crippen molar-refractivity contribution >= 4 is 24.5 Å². The third-order valence-electron chi connectivity index (χ3n) is 7.22. The Bertz CT molecular complexity index is 1140. The van der Waals surface area contributed by atoms with Gasteiger partial charge in [0.2, 0.25) is 0 Å². The first-order valence-electron chi connectivity index (χ1n) is 11.6. The van der Waals surface area contributed by atoms with E-state index in [1.807, 2.05) is 39.8 Å². The van der Waals surface area contributed by atoms with Gasteiger partial charge >= 0.3 is 13.1 Å². The van der Waals surface area contributed by atoms with Crippen LogP contribution in [0.2, 0.25) is 0 Å². The molecule has 2 heterocycles. The van der Waals surface area contributed by atoms with Crippen LogP contribution in [-0.2, 0) is 27.0 Å². The van der Waals surface area contributed by atoms with Gasteiger partial charge in [-0.15, -0.1) is 0 Å². The van der Waals surface area contributed by atoms with E-state index in [0.717, 1.165) is 11.1 Å². The van der Waals surface area contributed by atoms with E-state index in [0.29, 0.717) is 42.0 Å². The van der Waals surface area contributed by atoms with Gasteiger partial charge in [-0.05, 0) is 69.4 Å². The lowest BCUT2D eigenvalue weighted by atomic mass is 9.72. The summed E-state index contributed by atoms with van der Waals surface area (Å²) in [4.78, 5) is 27.9. The number of amides is 1. The first-order chi connectivity index (χ1) is 16.5. The molecule has 0 spiro atoms. The first-order valence-corrected chi connectivity index (χ1v) is 11.6. The average molecular weight is 481 g/mol. The highest BCUT2D eigenvalue weighted by Crippen LogP contribution is 2.37. The Morgan fingerprint density at radius 2 is 1.71 bits per heavy atom. The molecule has 0 saturated carbocycles. The van der Waals surface area contributed by atoms with Crippen molar-refractivity contribution in [3.8, 4) is 11.5 Å². The van der Waals surface area contributed by atoms with Crippen LogP contribution in [0, 0.1) is 0 Å². The number of benzene rings is 2. The number of methoxy groups -OCH3 is 3. The van der Waals surface area contributed by atoms with Crippen LogP contribution in [0.4, 0.5) is 0 Å². The quantitative estimate of drug-likeness (QED) is 0.464. The molecule has 1 amide bonds. The summed E-state index contributed by atoms with van der Waals surface area (Å²) >= 11 is 0. The predicted octanol–water partition coefficient (Wildman–Crippen LogP) is 2.99. The number of esters is 1. The summed E-state index contributed by atoms with van der Waals surface area (Å²) in [6.07, 6.45) is 0.598. The highest BCUT2D eigenvalue weighted by molar-refractivity contribution is 6.63. The lowest BCUT2D eigenvalue weighted by Gasteiger charge is -2.32. The van der Waals surface area contributed by atoms with Gasteiger partial charge in [0, 0.05) is 30.3 Å². The summed E-state index contributed by atoms with van der Waals surface area (Å²) in [7, 11) is 3.81. The molecular weight excluding hydrogens is 449 g/mol. The third kappa shape index (κ3) is 4.50. The van der Waals surface area contributed by atoms with Crippen molar-refractivity contribution in [2.45, 2.75) is 51.9 Å². The molecule has 0 bridgehead atoms. The number of carbonyl (C=O) groups excluding carboxylic acids is 2. The SMILES string of the molecule is COC(=O)c1cc(B2OC(C)(C)C(C)(C)O2)c2c(c1)C(=O)N(Cc1ccc(OC)cc1OC)CC2. The van der Waals surface area contributed by atoms with Gasteiger partial charge in [-0.1, -0.05) is 0 Å². The van der Waals surface area contributed by atoms with E-state index in [4.69, 9.17) is 23.5 Å². The van der Waals surface area contributed by atoms with Gasteiger partial charge in [0.25, 0.3) is 5.91 Å². The Labute approximate surface area is 206 Å². The van der Waals surface area contributed by atoms with E-state index in [1.165, 1.54) is 7.11 Å². The minimum absolute atomic E-state index is 0.173. The summed E-state index contributed by atoms with van der Waals surface area (Å²) < 4.78 is 28.3. The molecule has 0 aliphatic carbocycles. The average Bonchev–Trinajstić information content (AvgIpc) is 3.06. The molecule has 4 rings (SSSR count). The Morgan fingerprint density at radius 3 is 2.31 bits per heavy atom. The summed E-state index contributed by atoms with van der Waals surface area (Å²) in [5, 5.41) is 0. The molecule has 8 nitrogen and oxygen atoms in total. The van der Waals surface area contributed by atoms with Crippen LogP contribution >= 0.6 is 0 Å². The smallest absolute Gasteiger partial charge is 0.495 e. The molecule has 2 aliphatic rings. The van der Waals surface area contributed by atoms with Crippen LogP contribution in [-0.4, -0.2) is 63.0 Å². The van der Waals surface area contributed by atoms with Gasteiger partial charge in [-0.2, -0.15) is 0 Å². The zero-order valence-electron chi connectivity index (χ0n) is 21.4. The van der Waals surface area contributed by atoms with E-state index in [-0.39, 0.29) is 11.5 Å². The summed E-state index contributed by atoms with van der Waals surface area (Å²) in [6.45, 7) is 8.75. The van der Waals surface area contributed by atoms with Gasteiger partial charge in [-0.25, -0.2) is 4.79 Å². The minimum Gasteiger partial charge on any atom is -0.497 e. The van der Waals surface area contributed by atoms with Crippen LogP contribution in [0.5, 0.6) is 11.5 Å². The van der Waals surface area contributed by atoms with Crippen LogP contribution in [0.3, 0.4) is 0 Å². The second-order valence-electron chi connectivity index (χ2n) is 9.83. The molecule has 0 N–H and O–H groups in total.